The molecule has 0 aliphatic heterocycles. The van der Waals surface area contributed by atoms with E-state index in [0.717, 1.165) is 29.7 Å². The maximum atomic E-state index is 11.8. The summed E-state index contributed by atoms with van der Waals surface area (Å²) in [6.07, 6.45) is 2.23. The van der Waals surface area contributed by atoms with Crippen molar-refractivity contribution >= 4 is 5.91 Å². The third-order valence-corrected chi connectivity index (χ3v) is 3.33. The van der Waals surface area contributed by atoms with Crippen LogP contribution in [0.15, 0.2) is 18.2 Å². The Hall–Kier alpha value is -1.55. The second-order valence-corrected chi connectivity index (χ2v) is 4.83. The lowest BCUT2D eigenvalue weighted by molar-refractivity contribution is -0.132. The molecule has 1 amide bonds. The molecule has 18 heavy (non-hydrogen) atoms. The van der Waals surface area contributed by atoms with Crippen LogP contribution in [0.25, 0.3) is 0 Å². The molecule has 1 fully saturated rings. The van der Waals surface area contributed by atoms with Gasteiger partial charge in [0.25, 0.3) is 5.91 Å². The van der Waals surface area contributed by atoms with Gasteiger partial charge in [0, 0.05) is 19.6 Å². The van der Waals surface area contributed by atoms with E-state index in [1.807, 2.05) is 32.2 Å². The Morgan fingerprint density at radius 2 is 2.22 bits per heavy atom. The van der Waals surface area contributed by atoms with Gasteiger partial charge in [-0.3, -0.25) is 4.79 Å². The van der Waals surface area contributed by atoms with Crippen LogP contribution in [0.1, 0.15) is 24.0 Å². The summed E-state index contributed by atoms with van der Waals surface area (Å²) in [5, 5.41) is 0. The van der Waals surface area contributed by atoms with Gasteiger partial charge >= 0.3 is 0 Å². The number of aryl methyl sites for hydroxylation is 1. The average molecular weight is 248 g/mol. The number of nitrogens with two attached hydrogens (primary N) is 1. The normalized spacial score (nSPS) is 14.4. The van der Waals surface area contributed by atoms with Crippen molar-refractivity contribution in [1.82, 2.24) is 4.90 Å². The average Bonchev–Trinajstić information content (AvgIpc) is 3.20. The summed E-state index contributed by atoms with van der Waals surface area (Å²) in [5.41, 5.74) is 7.63. The van der Waals surface area contributed by atoms with Crippen molar-refractivity contribution in [2.75, 3.05) is 13.7 Å². The number of hydrogen-bond donors (Lipinski definition) is 1. The van der Waals surface area contributed by atoms with Crippen LogP contribution in [0.2, 0.25) is 0 Å². The van der Waals surface area contributed by atoms with E-state index < -0.39 is 0 Å². The Morgan fingerprint density at radius 3 is 2.83 bits per heavy atom. The van der Waals surface area contributed by atoms with Gasteiger partial charge in [0.05, 0.1) is 0 Å². The molecule has 0 atom stereocenters. The third kappa shape index (κ3) is 3.01. The molecule has 0 bridgehead atoms. The summed E-state index contributed by atoms with van der Waals surface area (Å²) in [6, 6.07) is 6.27. The van der Waals surface area contributed by atoms with Gasteiger partial charge in [-0.05, 0) is 37.0 Å². The van der Waals surface area contributed by atoms with Crippen molar-refractivity contribution in [3.63, 3.8) is 0 Å². The van der Waals surface area contributed by atoms with E-state index in [1.165, 1.54) is 0 Å². The summed E-state index contributed by atoms with van der Waals surface area (Å²) >= 11 is 0. The molecule has 0 aromatic heterocycles. The molecule has 2 N–H and O–H groups in total. The van der Waals surface area contributed by atoms with Gasteiger partial charge in [-0.1, -0.05) is 12.1 Å². The van der Waals surface area contributed by atoms with E-state index >= 15 is 0 Å². The molecule has 0 spiro atoms. The molecule has 1 aliphatic carbocycles. The summed E-state index contributed by atoms with van der Waals surface area (Å²) in [4.78, 5) is 13.6. The monoisotopic (exact) mass is 248 g/mol. The van der Waals surface area contributed by atoms with Crippen molar-refractivity contribution in [2.24, 2.45) is 5.73 Å². The fraction of sp³-hybridized carbons (Fsp3) is 0.500. The van der Waals surface area contributed by atoms with Crippen LogP contribution in [0, 0.1) is 6.92 Å². The highest BCUT2D eigenvalue weighted by atomic mass is 16.5. The van der Waals surface area contributed by atoms with Gasteiger partial charge in [0.2, 0.25) is 0 Å². The van der Waals surface area contributed by atoms with Crippen LogP contribution in [0.3, 0.4) is 0 Å². The molecule has 1 aliphatic rings. The van der Waals surface area contributed by atoms with Crippen LogP contribution in [0.4, 0.5) is 0 Å². The zero-order valence-corrected chi connectivity index (χ0v) is 11.0. The lowest BCUT2D eigenvalue weighted by Crippen LogP contribution is -2.33. The fourth-order valence-electron chi connectivity index (χ4n) is 1.83. The maximum Gasteiger partial charge on any atom is 0.260 e. The highest BCUT2D eigenvalue weighted by Gasteiger charge is 2.29. The molecule has 4 nitrogen and oxygen atoms in total. The zero-order chi connectivity index (χ0) is 13.1. The van der Waals surface area contributed by atoms with Gasteiger partial charge < -0.3 is 15.4 Å². The van der Waals surface area contributed by atoms with Gasteiger partial charge in [0.1, 0.15) is 5.75 Å². The molecule has 4 heteroatoms. The second-order valence-electron chi connectivity index (χ2n) is 4.83. The summed E-state index contributed by atoms with van der Waals surface area (Å²) < 4.78 is 5.59. The molecule has 0 heterocycles. The van der Waals surface area contributed by atoms with Crippen molar-refractivity contribution in [1.29, 1.82) is 0 Å². The molecule has 2 rings (SSSR count). The SMILES string of the molecule is Cc1ccc(CN)cc1OCC(=O)N(C)C1CC1. The largest absolute Gasteiger partial charge is 0.483 e. The van der Waals surface area contributed by atoms with E-state index in [0.29, 0.717) is 12.6 Å². The van der Waals surface area contributed by atoms with E-state index in [1.54, 1.807) is 4.90 Å². The van der Waals surface area contributed by atoms with E-state index in [9.17, 15) is 4.79 Å². The van der Waals surface area contributed by atoms with Crippen LogP contribution in [-0.2, 0) is 11.3 Å². The maximum absolute atomic E-state index is 11.8. The highest BCUT2D eigenvalue weighted by Crippen LogP contribution is 2.25. The van der Waals surface area contributed by atoms with Gasteiger partial charge in [0.15, 0.2) is 6.61 Å². The number of amides is 1. The highest BCUT2D eigenvalue weighted by molar-refractivity contribution is 5.78. The topological polar surface area (TPSA) is 55.6 Å². The smallest absolute Gasteiger partial charge is 0.260 e. The van der Waals surface area contributed by atoms with Crippen LogP contribution >= 0.6 is 0 Å². The zero-order valence-electron chi connectivity index (χ0n) is 11.0. The Kier molecular flexibility index (Phi) is 3.87. The van der Waals surface area contributed by atoms with Crippen molar-refractivity contribution in [3.8, 4) is 5.75 Å². The van der Waals surface area contributed by atoms with Crippen LogP contribution < -0.4 is 10.5 Å². The fourth-order valence-corrected chi connectivity index (χ4v) is 1.83. The predicted octanol–water partition coefficient (Wildman–Crippen LogP) is 1.45. The lowest BCUT2D eigenvalue weighted by Gasteiger charge is -2.17. The third-order valence-electron chi connectivity index (χ3n) is 3.33. The van der Waals surface area contributed by atoms with Crippen molar-refractivity contribution in [3.05, 3.63) is 29.3 Å². The molecule has 0 saturated heterocycles. The van der Waals surface area contributed by atoms with E-state index in [4.69, 9.17) is 10.5 Å². The number of ether oxygens (including phenoxy) is 1. The first-order valence-electron chi connectivity index (χ1n) is 6.30. The molecule has 1 saturated carbocycles. The molecule has 98 valence electrons. The molecule has 0 unspecified atom stereocenters. The molecule has 1 aromatic carbocycles. The Balaban J connectivity index is 1.94. The van der Waals surface area contributed by atoms with Gasteiger partial charge in [-0.2, -0.15) is 0 Å². The first kappa shape index (κ1) is 12.9. The predicted molar refractivity (Wildman–Crippen MR) is 70.4 cm³/mol. The number of likely N-dealkylation sites (N-methyl/N-ethyl adjacent to an activating group) is 1. The molecular formula is C14H20N2O2. The minimum absolute atomic E-state index is 0.0371. The standard InChI is InChI=1S/C14H20N2O2/c1-10-3-4-11(8-15)7-13(10)18-9-14(17)16(2)12-5-6-12/h3-4,7,12H,5-6,8-9,15H2,1-2H3. The second kappa shape index (κ2) is 5.40. The van der Waals surface area contributed by atoms with Crippen molar-refractivity contribution < 1.29 is 9.53 Å². The Morgan fingerprint density at radius 1 is 1.50 bits per heavy atom. The number of carbonyl (C=O) groups is 1. The van der Waals surface area contributed by atoms with Crippen LogP contribution in [0.5, 0.6) is 5.75 Å². The quantitative estimate of drug-likeness (QED) is 0.858. The van der Waals surface area contributed by atoms with Gasteiger partial charge in [-0.15, -0.1) is 0 Å². The van der Waals surface area contributed by atoms with Crippen LogP contribution in [-0.4, -0.2) is 30.5 Å². The minimum atomic E-state index is 0.0371. The first-order valence-corrected chi connectivity index (χ1v) is 6.30. The van der Waals surface area contributed by atoms with Gasteiger partial charge in [-0.25, -0.2) is 0 Å². The summed E-state index contributed by atoms with van der Waals surface area (Å²) in [7, 11) is 1.84. The number of carbonyl (C=O) groups excluding carboxylic acids is 1. The van der Waals surface area contributed by atoms with E-state index in [2.05, 4.69) is 0 Å². The molecular weight excluding hydrogens is 228 g/mol. The first-order chi connectivity index (χ1) is 8.61. The number of rotatable bonds is 5. The summed E-state index contributed by atoms with van der Waals surface area (Å²) in [5.74, 6) is 0.783. The minimum Gasteiger partial charge on any atom is -0.483 e. The van der Waals surface area contributed by atoms with Crippen molar-refractivity contribution in [2.45, 2.75) is 32.4 Å². The number of benzene rings is 1. The Labute approximate surface area is 108 Å². The number of nitrogens with zero attached hydrogens (tertiary/aromatic N) is 1. The number of hydrogen-bond acceptors (Lipinski definition) is 3. The molecule has 0 radical (unpaired) electrons. The lowest BCUT2D eigenvalue weighted by atomic mass is 10.1. The summed E-state index contributed by atoms with van der Waals surface area (Å²) in [6.45, 7) is 2.54. The van der Waals surface area contributed by atoms with E-state index in [-0.39, 0.29) is 12.5 Å². The molecule has 1 aromatic rings. The Bertz CT molecular complexity index is 441.